The Labute approximate surface area is 193 Å². The number of nitrogens with zero attached hydrogens (tertiary/aromatic N) is 1. The molecule has 32 heavy (non-hydrogen) atoms. The summed E-state index contributed by atoms with van der Waals surface area (Å²) in [5, 5.41) is 3.45. The second-order valence-electron chi connectivity index (χ2n) is 7.38. The lowest BCUT2D eigenvalue weighted by Gasteiger charge is -2.26. The number of halogens is 1. The second-order valence-corrected chi connectivity index (χ2v) is 7.82. The molecule has 0 radical (unpaired) electrons. The quantitative estimate of drug-likeness (QED) is 0.543. The molecule has 1 N–H and O–H groups in total. The predicted molar refractivity (Wildman–Crippen MR) is 123 cm³/mol. The van der Waals surface area contributed by atoms with E-state index in [1.165, 1.54) is 0 Å². The van der Waals surface area contributed by atoms with E-state index < -0.39 is 0 Å². The molecule has 1 aliphatic rings. The molecule has 2 aromatic rings. The van der Waals surface area contributed by atoms with Crippen LogP contribution in [-0.2, 0) is 4.79 Å². The van der Waals surface area contributed by atoms with Gasteiger partial charge in [0.1, 0.15) is 12.4 Å². The number of amides is 2. The van der Waals surface area contributed by atoms with Crippen molar-refractivity contribution in [2.24, 2.45) is 0 Å². The summed E-state index contributed by atoms with van der Waals surface area (Å²) >= 11 is 5.85. The third-order valence-corrected chi connectivity index (χ3v) is 5.29. The molecule has 0 spiro atoms. The van der Waals surface area contributed by atoms with E-state index in [9.17, 15) is 9.59 Å². The molecule has 1 heterocycles. The Balaban J connectivity index is 1.51. The van der Waals surface area contributed by atoms with Crippen LogP contribution in [0.15, 0.2) is 42.5 Å². The Morgan fingerprint density at radius 1 is 0.969 bits per heavy atom. The summed E-state index contributed by atoms with van der Waals surface area (Å²) < 4.78 is 16.9. The first-order valence-electron chi connectivity index (χ1n) is 10.9. The summed E-state index contributed by atoms with van der Waals surface area (Å²) in [4.78, 5) is 26.7. The summed E-state index contributed by atoms with van der Waals surface area (Å²) in [5.41, 5.74) is 0.439. The third kappa shape index (κ3) is 7.05. The zero-order valence-corrected chi connectivity index (χ0v) is 19.0. The van der Waals surface area contributed by atoms with Crippen LogP contribution in [0.2, 0.25) is 5.02 Å². The van der Waals surface area contributed by atoms with E-state index in [0.717, 1.165) is 32.4 Å². The third-order valence-electron chi connectivity index (χ3n) is 5.04. The first-order valence-corrected chi connectivity index (χ1v) is 11.3. The number of hydrogen-bond donors (Lipinski definition) is 1. The van der Waals surface area contributed by atoms with Crippen LogP contribution in [0.5, 0.6) is 17.2 Å². The van der Waals surface area contributed by atoms with Crippen LogP contribution in [-0.4, -0.2) is 56.2 Å². The van der Waals surface area contributed by atoms with Crippen molar-refractivity contribution in [2.75, 3.05) is 39.5 Å². The SMILES string of the molecule is CCOc1cc(C(=O)NCCOc2ccc(Cl)cc2)ccc1OCC(=O)N1CCCCC1. The molecule has 1 aliphatic heterocycles. The minimum absolute atomic E-state index is 0.0327. The molecule has 7 nitrogen and oxygen atoms in total. The van der Waals surface area contributed by atoms with Crippen LogP contribution in [0.3, 0.4) is 0 Å². The highest BCUT2D eigenvalue weighted by Crippen LogP contribution is 2.28. The van der Waals surface area contributed by atoms with E-state index in [4.69, 9.17) is 25.8 Å². The number of carbonyl (C=O) groups is 2. The van der Waals surface area contributed by atoms with Crippen molar-refractivity contribution in [2.45, 2.75) is 26.2 Å². The number of carbonyl (C=O) groups excluding carboxylic acids is 2. The summed E-state index contributed by atoms with van der Waals surface area (Å²) in [6.07, 6.45) is 3.23. The van der Waals surface area contributed by atoms with Crippen LogP contribution >= 0.6 is 11.6 Å². The van der Waals surface area contributed by atoms with Gasteiger partial charge in [-0.2, -0.15) is 0 Å². The van der Waals surface area contributed by atoms with Gasteiger partial charge in [0.25, 0.3) is 11.8 Å². The Hall–Kier alpha value is -2.93. The lowest BCUT2D eigenvalue weighted by atomic mass is 10.1. The van der Waals surface area contributed by atoms with E-state index in [0.29, 0.717) is 47.6 Å². The van der Waals surface area contributed by atoms with Crippen molar-refractivity contribution in [3.63, 3.8) is 0 Å². The average Bonchev–Trinajstić information content (AvgIpc) is 2.82. The van der Waals surface area contributed by atoms with Gasteiger partial charge in [0.05, 0.1) is 13.2 Å². The number of nitrogens with one attached hydrogen (secondary N) is 1. The summed E-state index contributed by atoms with van der Waals surface area (Å²) in [6.45, 7) is 4.44. The van der Waals surface area contributed by atoms with Gasteiger partial charge < -0.3 is 24.4 Å². The van der Waals surface area contributed by atoms with Crippen molar-refractivity contribution < 1.29 is 23.8 Å². The van der Waals surface area contributed by atoms with Gasteiger partial charge in [-0.1, -0.05) is 11.6 Å². The molecular formula is C24H29ClN2O5. The fourth-order valence-corrected chi connectivity index (χ4v) is 3.50. The highest BCUT2D eigenvalue weighted by molar-refractivity contribution is 6.30. The van der Waals surface area contributed by atoms with E-state index in [-0.39, 0.29) is 18.4 Å². The van der Waals surface area contributed by atoms with Crippen LogP contribution in [0.1, 0.15) is 36.5 Å². The molecule has 2 aromatic carbocycles. The fraction of sp³-hybridized carbons (Fsp3) is 0.417. The fourth-order valence-electron chi connectivity index (χ4n) is 3.38. The first-order chi connectivity index (χ1) is 15.6. The molecule has 0 saturated carbocycles. The minimum atomic E-state index is -0.249. The van der Waals surface area contributed by atoms with Crippen LogP contribution in [0, 0.1) is 0 Å². The number of piperidine rings is 1. The Morgan fingerprint density at radius 2 is 1.72 bits per heavy atom. The first kappa shape index (κ1) is 23.7. The maximum absolute atomic E-state index is 12.5. The van der Waals surface area contributed by atoms with Crippen molar-refractivity contribution in [3.8, 4) is 17.2 Å². The Bertz CT molecular complexity index is 898. The van der Waals surface area contributed by atoms with Gasteiger partial charge >= 0.3 is 0 Å². The molecule has 1 saturated heterocycles. The Kier molecular flexibility index (Phi) is 9.04. The smallest absolute Gasteiger partial charge is 0.260 e. The van der Waals surface area contributed by atoms with Gasteiger partial charge in [-0.3, -0.25) is 9.59 Å². The number of likely N-dealkylation sites (tertiary alicyclic amines) is 1. The van der Waals surface area contributed by atoms with Crippen molar-refractivity contribution in [1.29, 1.82) is 0 Å². The molecule has 0 atom stereocenters. The van der Waals surface area contributed by atoms with Crippen molar-refractivity contribution >= 4 is 23.4 Å². The topological polar surface area (TPSA) is 77.1 Å². The van der Waals surface area contributed by atoms with Gasteiger partial charge in [0, 0.05) is 23.7 Å². The molecule has 172 valence electrons. The van der Waals surface area contributed by atoms with E-state index in [1.54, 1.807) is 42.5 Å². The molecule has 0 aromatic heterocycles. The second kappa shape index (κ2) is 12.2. The maximum Gasteiger partial charge on any atom is 0.260 e. The normalized spacial score (nSPS) is 13.4. The van der Waals surface area contributed by atoms with Gasteiger partial charge in [-0.05, 0) is 68.7 Å². The molecule has 0 bridgehead atoms. The molecule has 0 aliphatic carbocycles. The van der Waals surface area contributed by atoms with Gasteiger partial charge in [0.2, 0.25) is 0 Å². The number of benzene rings is 2. The van der Waals surface area contributed by atoms with E-state index in [2.05, 4.69) is 5.32 Å². The highest BCUT2D eigenvalue weighted by atomic mass is 35.5. The Morgan fingerprint density at radius 3 is 2.44 bits per heavy atom. The minimum Gasteiger partial charge on any atom is -0.492 e. The molecular weight excluding hydrogens is 432 g/mol. The molecule has 0 unspecified atom stereocenters. The van der Waals surface area contributed by atoms with Crippen molar-refractivity contribution in [3.05, 3.63) is 53.1 Å². The van der Waals surface area contributed by atoms with E-state index in [1.807, 2.05) is 11.8 Å². The zero-order chi connectivity index (χ0) is 22.8. The number of hydrogen-bond acceptors (Lipinski definition) is 5. The van der Waals surface area contributed by atoms with Gasteiger partial charge in [0.15, 0.2) is 18.1 Å². The highest BCUT2D eigenvalue weighted by Gasteiger charge is 2.18. The summed E-state index contributed by atoms with van der Waals surface area (Å²) in [6, 6.07) is 12.0. The number of rotatable bonds is 10. The zero-order valence-electron chi connectivity index (χ0n) is 18.3. The molecule has 2 amide bonds. The van der Waals surface area contributed by atoms with Crippen LogP contribution < -0.4 is 19.5 Å². The monoisotopic (exact) mass is 460 g/mol. The molecule has 3 rings (SSSR count). The van der Waals surface area contributed by atoms with E-state index >= 15 is 0 Å². The largest absolute Gasteiger partial charge is 0.492 e. The summed E-state index contributed by atoms with van der Waals surface area (Å²) in [5.74, 6) is 1.28. The average molecular weight is 461 g/mol. The lowest BCUT2D eigenvalue weighted by molar-refractivity contribution is -0.134. The van der Waals surface area contributed by atoms with Gasteiger partial charge in [-0.15, -0.1) is 0 Å². The molecule has 8 heteroatoms. The maximum atomic E-state index is 12.5. The number of ether oxygens (including phenoxy) is 3. The summed E-state index contributed by atoms with van der Waals surface area (Å²) in [7, 11) is 0. The predicted octanol–water partition coefficient (Wildman–Crippen LogP) is 3.94. The van der Waals surface area contributed by atoms with Crippen LogP contribution in [0.25, 0.3) is 0 Å². The van der Waals surface area contributed by atoms with Crippen molar-refractivity contribution in [1.82, 2.24) is 10.2 Å². The lowest BCUT2D eigenvalue weighted by Crippen LogP contribution is -2.38. The van der Waals surface area contributed by atoms with Gasteiger partial charge in [-0.25, -0.2) is 0 Å². The van der Waals surface area contributed by atoms with Crippen LogP contribution in [0.4, 0.5) is 0 Å². The standard InChI is InChI=1S/C24H29ClN2O5/c1-2-30-22-16-18(24(29)26-12-15-31-20-9-7-19(25)8-10-20)6-11-21(22)32-17-23(28)27-13-4-3-5-14-27/h6-11,16H,2-5,12-15,17H2,1H3,(H,26,29). The molecule has 1 fully saturated rings.